The van der Waals surface area contributed by atoms with Gasteiger partial charge in [0, 0.05) is 38.7 Å². The van der Waals surface area contributed by atoms with Crippen LogP contribution in [0.3, 0.4) is 0 Å². The van der Waals surface area contributed by atoms with Crippen LogP contribution >= 0.6 is 0 Å². The number of hydrogen-bond donors (Lipinski definition) is 0. The molecule has 0 radical (unpaired) electrons. The Labute approximate surface area is 139 Å². The van der Waals surface area contributed by atoms with Crippen molar-refractivity contribution in [1.82, 2.24) is 9.80 Å². The van der Waals surface area contributed by atoms with Gasteiger partial charge in [-0.05, 0) is 51.4 Å². The number of amides is 2. The first-order valence-corrected chi connectivity index (χ1v) is 9.32. The van der Waals surface area contributed by atoms with Crippen LogP contribution in [-0.2, 0) is 14.3 Å². The van der Waals surface area contributed by atoms with E-state index in [2.05, 4.69) is 4.90 Å². The Kier molecular flexibility index (Phi) is 5.57. The summed E-state index contributed by atoms with van der Waals surface area (Å²) in [6, 6.07) is 0.768. The second-order valence-electron chi connectivity index (χ2n) is 7.34. The first-order chi connectivity index (χ1) is 11.2. The predicted molar refractivity (Wildman–Crippen MR) is 87.9 cm³/mol. The van der Waals surface area contributed by atoms with E-state index in [4.69, 9.17) is 4.74 Å². The number of likely N-dealkylation sites (tertiary alicyclic amines) is 1. The van der Waals surface area contributed by atoms with Crippen molar-refractivity contribution >= 4 is 11.8 Å². The minimum absolute atomic E-state index is 0.0517. The number of rotatable bonds is 3. The van der Waals surface area contributed by atoms with Crippen LogP contribution in [0.4, 0.5) is 0 Å². The second kappa shape index (κ2) is 7.65. The molecule has 23 heavy (non-hydrogen) atoms. The molecule has 3 rings (SSSR count). The van der Waals surface area contributed by atoms with Crippen molar-refractivity contribution in [2.75, 3.05) is 26.3 Å². The lowest BCUT2D eigenvalue weighted by Crippen LogP contribution is -2.49. The summed E-state index contributed by atoms with van der Waals surface area (Å²) in [5, 5.41) is 0. The Morgan fingerprint density at radius 2 is 1.70 bits per heavy atom. The van der Waals surface area contributed by atoms with Gasteiger partial charge in [0.15, 0.2) is 0 Å². The standard InChI is InChI=1S/C18H30N2O3/c1-14(21)20(16-6-2-7-16)17-8-3-10-19(11-9-17)18(22)15-5-4-12-23-13-15/h15-17H,2-13H2,1H3. The van der Waals surface area contributed by atoms with Crippen molar-refractivity contribution in [3.05, 3.63) is 0 Å². The molecule has 3 aliphatic rings. The minimum Gasteiger partial charge on any atom is -0.381 e. The van der Waals surface area contributed by atoms with Crippen molar-refractivity contribution in [3.8, 4) is 0 Å². The van der Waals surface area contributed by atoms with Gasteiger partial charge in [0.2, 0.25) is 11.8 Å². The molecule has 0 aromatic rings. The highest BCUT2D eigenvalue weighted by Gasteiger charge is 2.35. The fraction of sp³-hybridized carbons (Fsp3) is 0.889. The number of hydrogen-bond acceptors (Lipinski definition) is 3. The fourth-order valence-corrected chi connectivity index (χ4v) is 4.25. The molecule has 1 saturated carbocycles. The molecule has 0 aromatic carbocycles. The summed E-state index contributed by atoms with van der Waals surface area (Å²) in [5.41, 5.74) is 0. The third kappa shape index (κ3) is 3.87. The summed E-state index contributed by atoms with van der Waals surface area (Å²) in [6.07, 6.45) is 8.45. The zero-order valence-electron chi connectivity index (χ0n) is 14.3. The molecule has 1 aliphatic carbocycles. The maximum atomic E-state index is 12.7. The smallest absolute Gasteiger partial charge is 0.228 e. The molecule has 5 nitrogen and oxygen atoms in total. The molecule has 2 heterocycles. The van der Waals surface area contributed by atoms with Crippen molar-refractivity contribution in [1.29, 1.82) is 0 Å². The van der Waals surface area contributed by atoms with E-state index < -0.39 is 0 Å². The van der Waals surface area contributed by atoms with Crippen molar-refractivity contribution in [3.63, 3.8) is 0 Å². The lowest BCUT2D eigenvalue weighted by atomic mass is 9.89. The molecule has 0 aromatic heterocycles. The van der Waals surface area contributed by atoms with Crippen LogP contribution in [0.2, 0.25) is 0 Å². The Hall–Kier alpha value is -1.10. The first-order valence-electron chi connectivity index (χ1n) is 9.32. The highest BCUT2D eigenvalue weighted by atomic mass is 16.5. The van der Waals surface area contributed by atoms with Gasteiger partial charge in [-0.15, -0.1) is 0 Å². The average molecular weight is 322 g/mol. The maximum Gasteiger partial charge on any atom is 0.228 e. The van der Waals surface area contributed by atoms with E-state index in [9.17, 15) is 9.59 Å². The lowest BCUT2D eigenvalue weighted by Gasteiger charge is -2.42. The monoisotopic (exact) mass is 322 g/mol. The molecule has 5 heteroatoms. The van der Waals surface area contributed by atoms with Gasteiger partial charge in [-0.3, -0.25) is 9.59 Å². The van der Waals surface area contributed by atoms with Crippen LogP contribution in [0.5, 0.6) is 0 Å². The van der Waals surface area contributed by atoms with Gasteiger partial charge in [-0.25, -0.2) is 0 Å². The van der Waals surface area contributed by atoms with Gasteiger partial charge in [0.1, 0.15) is 0 Å². The molecule has 0 N–H and O–H groups in total. The molecule has 2 unspecified atom stereocenters. The Morgan fingerprint density at radius 1 is 0.957 bits per heavy atom. The summed E-state index contributed by atoms with van der Waals surface area (Å²) in [5.74, 6) is 0.527. The molecule has 2 aliphatic heterocycles. The van der Waals surface area contributed by atoms with Gasteiger partial charge in [0.05, 0.1) is 12.5 Å². The van der Waals surface area contributed by atoms with Gasteiger partial charge in [-0.1, -0.05) is 0 Å². The molecule has 130 valence electrons. The Bertz CT molecular complexity index is 430. The van der Waals surface area contributed by atoms with Crippen molar-refractivity contribution < 1.29 is 14.3 Å². The molecule has 0 bridgehead atoms. The van der Waals surface area contributed by atoms with Crippen LogP contribution in [0, 0.1) is 5.92 Å². The molecular weight excluding hydrogens is 292 g/mol. The van der Waals surface area contributed by atoms with Crippen LogP contribution in [-0.4, -0.2) is 60.0 Å². The van der Waals surface area contributed by atoms with Gasteiger partial charge >= 0.3 is 0 Å². The third-order valence-electron chi connectivity index (χ3n) is 5.74. The van der Waals surface area contributed by atoms with Crippen molar-refractivity contribution in [2.24, 2.45) is 5.92 Å². The second-order valence-corrected chi connectivity index (χ2v) is 7.34. The first kappa shape index (κ1) is 16.7. The van der Waals surface area contributed by atoms with E-state index in [1.165, 1.54) is 6.42 Å². The van der Waals surface area contributed by atoms with E-state index in [0.29, 0.717) is 18.7 Å². The van der Waals surface area contributed by atoms with Gasteiger partial charge in [-0.2, -0.15) is 0 Å². The zero-order valence-corrected chi connectivity index (χ0v) is 14.3. The summed E-state index contributed by atoms with van der Waals surface area (Å²) < 4.78 is 5.47. The van der Waals surface area contributed by atoms with E-state index in [1.54, 1.807) is 6.92 Å². The summed E-state index contributed by atoms with van der Waals surface area (Å²) >= 11 is 0. The van der Waals surface area contributed by atoms with E-state index in [0.717, 1.165) is 64.6 Å². The SMILES string of the molecule is CC(=O)N(C1CCC1)C1CCCN(C(=O)C2CCCOC2)CC1. The number of carbonyl (C=O) groups is 2. The fourth-order valence-electron chi connectivity index (χ4n) is 4.25. The lowest BCUT2D eigenvalue weighted by molar-refractivity contribution is -0.139. The van der Waals surface area contributed by atoms with E-state index in [-0.39, 0.29) is 17.7 Å². The summed E-state index contributed by atoms with van der Waals surface area (Å²) in [4.78, 5) is 28.9. The van der Waals surface area contributed by atoms with Gasteiger partial charge in [0.25, 0.3) is 0 Å². The topological polar surface area (TPSA) is 49.9 Å². The molecule has 2 saturated heterocycles. The summed E-state index contributed by atoms with van der Waals surface area (Å²) in [7, 11) is 0. The van der Waals surface area contributed by atoms with E-state index in [1.807, 2.05) is 4.90 Å². The number of nitrogens with zero attached hydrogens (tertiary/aromatic N) is 2. The predicted octanol–water partition coefficient (Wildman–Crippen LogP) is 2.20. The molecule has 0 spiro atoms. The Balaban J connectivity index is 1.57. The average Bonchev–Trinajstić information content (AvgIpc) is 2.76. The van der Waals surface area contributed by atoms with Crippen LogP contribution in [0.15, 0.2) is 0 Å². The van der Waals surface area contributed by atoms with Gasteiger partial charge < -0.3 is 14.5 Å². The van der Waals surface area contributed by atoms with E-state index >= 15 is 0 Å². The molecule has 2 atom stereocenters. The molecule has 2 amide bonds. The zero-order chi connectivity index (χ0) is 16.2. The third-order valence-corrected chi connectivity index (χ3v) is 5.74. The largest absolute Gasteiger partial charge is 0.381 e. The highest BCUT2D eigenvalue weighted by Crippen LogP contribution is 2.30. The minimum atomic E-state index is 0.0517. The van der Waals surface area contributed by atoms with Crippen LogP contribution in [0.1, 0.15) is 58.3 Å². The maximum absolute atomic E-state index is 12.7. The summed E-state index contributed by atoms with van der Waals surface area (Å²) in [6.45, 7) is 4.70. The highest BCUT2D eigenvalue weighted by molar-refractivity contribution is 5.79. The van der Waals surface area contributed by atoms with Crippen LogP contribution in [0.25, 0.3) is 0 Å². The normalized spacial score (nSPS) is 29.5. The quantitative estimate of drug-likeness (QED) is 0.800. The molecule has 3 fully saturated rings. The Morgan fingerprint density at radius 3 is 2.30 bits per heavy atom. The molecular formula is C18H30N2O3. The number of ether oxygens (including phenoxy) is 1. The number of carbonyl (C=O) groups excluding carboxylic acids is 2. The van der Waals surface area contributed by atoms with Crippen LogP contribution < -0.4 is 0 Å². The van der Waals surface area contributed by atoms with Crippen molar-refractivity contribution in [2.45, 2.75) is 70.4 Å².